The van der Waals surface area contributed by atoms with E-state index in [1.807, 2.05) is 4.93 Å². The zero-order chi connectivity index (χ0) is 10.4. The number of rotatable bonds is 1. The first kappa shape index (κ1) is 11.4. The summed E-state index contributed by atoms with van der Waals surface area (Å²) in [7, 11) is 0. The lowest BCUT2D eigenvalue weighted by molar-refractivity contribution is 1.04. The Hall–Kier alpha value is -0.690. The van der Waals surface area contributed by atoms with E-state index in [0.717, 1.165) is 11.3 Å². The molecular weight excluding hydrogens is 314 g/mol. The second-order valence-electron chi connectivity index (χ2n) is 2.23. The van der Waals surface area contributed by atoms with Crippen molar-refractivity contribution in [3.8, 4) is 11.3 Å². The largest absolute Gasteiger partial charge is 0.285 e. The molecule has 0 bridgehead atoms. The second-order valence-corrected chi connectivity index (χ2v) is 2.62. The normalized spacial score (nSPS) is 9.07. The van der Waals surface area contributed by atoms with Crippen molar-refractivity contribution in [1.82, 2.24) is 20.4 Å². The molecule has 2 aromatic heterocycles. The molecule has 4 nitrogen and oxygen atoms in total. The van der Waals surface area contributed by atoms with Gasteiger partial charge >= 0.3 is 0 Å². The molecule has 0 spiro atoms. The summed E-state index contributed by atoms with van der Waals surface area (Å²) in [6, 6.07) is 3.48. The smallest absolute Gasteiger partial charge is 0.151 e. The molecule has 14 heavy (non-hydrogen) atoms. The van der Waals surface area contributed by atoms with Gasteiger partial charge in [-0.3, -0.25) is 5.10 Å². The van der Waals surface area contributed by atoms with Crippen molar-refractivity contribution in [1.29, 1.82) is 0 Å². The highest BCUT2D eigenvalue weighted by molar-refractivity contribution is 14.1. The fraction of sp³-hybridized carbons (Fsp3) is 0.125. The van der Waals surface area contributed by atoms with Crippen LogP contribution in [-0.2, 0) is 0 Å². The number of aromatic amines is 1. The summed E-state index contributed by atoms with van der Waals surface area (Å²) in [5, 5.41) is 14.5. The van der Waals surface area contributed by atoms with Crippen molar-refractivity contribution >= 4 is 34.2 Å². The van der Waals surface area contributed by atoms with Crippen molar-refractivity contribution in [2.24, 2.45) is 0 Å². The number of alkyl halides is 1. The highest BCUT2D eigenvalue weighted by atomic mass is 127. The zero-order valence-corrected chi connectivity index (χ0v) is 10.3. The van der Waals surface area contributed by atoms with Gasteiger partial charge in [0.15, 0.2) is 5.15 Å². The SMILES string of the molecule is CI.Clc1ccc(-c2cn[nH]c2)nn1. The lowest BCUT2D eigenvalue weighted by Gasteiger charge is -1.92. The van der Waals surface area contributed by atoms with E-state index < -0.39 is 0 Å². The maximum atomic E-state index is 5.58. The monoisotopic (exact) mass is 322 g/mol. The van der Waals surface area contributed by atoms with Gasteiger partial charge < -0.3 is 0 Å². The van der Waals surface area contributed by atoms with Crippen molar-refractivity contribution in [3.63, 3.8) is 0 Å². The van der Waals surface area contributed by atoms with E-state index in [4.69, 9.17) is 11.6 Å². The fourth-order valence-electron chi connectivity index (χ4n) is 0.861. The van der Waals surface area contributed by atoms with Crippen molar-refractivity contribution < 1.29 is 0 Å². The number of halogens is 2. The molecule has 0 fully saturated rings. The lowest BCUT2D eigenvalue weighted by Crippen LogP contribution is -1.84. The summed E-state index contributed by atoms with van der Waals surface area (Å²) < 4.78 is 0. The summed E-state index contributed by atoms with van der Waals surface area (Å²) in [6.07, 6.45) is 3.43. The molecule has 74 valence electrons. The molecule has 0 aliphatic carbocycles. The molecule has 2 heterocycles. The third kappa shape index (κ3) is 2.91. The van der Waals surface area contributed by atoms with E-state index >= 15 is 0 Å². The van der Waals surface area contributed by atoms with E-state index in [9.17, 15) is 0 Å². The van der Waals surface area contributed by atoms with Gasteiger partial charge in [-0.15, -0.1) is 10.2 Å². The quantitative estimate of drug-likeness (QED) is 0.648. The molecule has 2 aromatic rings. The Labute approximate surface area is 100 Å². The Balaban J connectivity index is 0.000000461. The molecule has 6 heteroatoms. The van der Waals surface area contributed by atoms with Crippen LogP contribution < -0.4 is 0 Å². The van der Waals surface area contributed by atoms with Crippen LogP contribution in [0, 0.1) is 0 Å². The standard InChI is InChI=1S/C7H5ClN4.CH3I/c8-7-2-1-6(11-12-7)5-3-9-10-4-5;1-2/h1-4H,(H,9,10);1H3. The van der Waals surface area contributed by atoms with Crippen molar-refractivity contribution in [3.05, 3.63) is 29.7 Å². The summed E-state index contributed by atoms with van der Waals surface area (Å²) in [4.78, 5) is 1.97. The van der Waals surface area contributed by atoms with Gasteiger partial charge in [-0.25, -0.2) is 0 Å². The third-order valence-electron chi connectivity index (χ3n) is 1.43. The van der Waals surface area contributed by atoms with Gasteiger partial charge in [0.2, 0.25) is 0 Å². The van der Waals surface area contributed by atoms with Gasteiger partial charge in [0.1, 0.15) is 0 Å². The van der Waals surface area contributed by atoms with Crippen LogP contribution in [0.15, 0.2) is 24.5 Å². The van der Waals surface area contributed by atoms with Gasteiger partial charge in [-0.1, -0.05) is 34.2 Å². The molecule has 0 atom stereocenters. The Kier molecular flexibility index (Phi) is 4.81. The number of nitrogens with zero attached hydrogens (tertiary/aromatic N) is 3. The topological polar surface area (TPSA) is 54.5 Å². The van der Waals surface area contributed by atoms with Crippen LogP contribution in [-0.4, -0.2) is 25.3 Å². The Bertz CT molecular complexity index is 359. The number of hydrogen-bond donors (Lipinski definition) is 1. The highest BCUT2D eigenvalue weighted by Crippen LogP contribution is 2.14. The van der Waals surface area contributed by atoms with Crippen LogP contribution in [0.3, 0.4) is 0 Å². The van der Waals surface area contributed by atoms with Crippen LogP contribution in [0.4, 0.5) is 0 Å². The van der Waals surface area contributed by atoms with Crippen LogP contribution in [0.5, 0.6) is 0 Å². The van der Waals surface area contributed by atoms with Gasteiger partial charge in [0.25, 0.3) is 0 Å². The van der Waals surface area contributed by atoms with E-state index in [1.165, 1.54) is 0 Å². The molecule has 0 aliphatic heterocycles. The maximum Gasteiger partial charge on any atom is 0.151 e. The molecule has 0 aliphatic rings. The first-order valence-electron chi connectivity index (χ1n) is 3.72. The summed E-state index contributed by atoms with van der Waals surface area (Å²) in [5.41, 5.74) is 1.66. The molecule has 0 radical (unpaired) electrons. The average molecular weight is 323 g/mol. The first-order chi connectivity index (χ1) is 6.86. The molecular formula is C8H8ClIN4. The molecule has 0 saturated heterocycles. The van der Waals surface area contributed by atoms with E-state index in [1.54, 1.807) is 24.5 Å². The van der Waals surface area contributed by atoms with E-state index in [2.05, 4.69) is 43.0 Å². The number of nitrogens with one attached hydrogen (secondary N) is 1. The minimum absolute atomic E-state index is 0.391. The van der Waals surface area contributed by atoms with Gasteiger partial charge in [-0.05, 0) is 17.1 Å². The Morgan fingerprint density at radius 1 is 1.29 bits per heavy atom. The van der Waals surface area contributed by atoms with Crippen molar-refractivity contribution in [2.45, 2.75) is 0 Å². The fourth-order valence-corrected chi connectivity index (χ4v) is 0.962. The minimum atomic E-state index is 0.391. The Morgan fingerprint density at radius 2 is 2.07 bits per heavy atom. The third-order valence-corrected chi connectivity index (χ3v) is 1.63. The number of hydrogen-bond acceptors (Lipinski definition) is 3. The van der Waals surface area contributed by atoms with Crippen LogP contribution in [0.1, 0.15) is 0 Å². The highest BCUT2D eigenvalue weighted by Gasteiger charge is 1.99. The molecule has 1 N–H and O–H groups in total. The maximum absolute atomic E-state index is 5.58. The molecule has 2 rings (SSSR count). The van der Waals surface area contributed by atoms with Gasteiger partial charge in [0, 0.05) is 11.8 Å². The van der Waals surface area contributed by atoms with Crippen molar-refractivity contribution in [2.75, 3.05) is 4.93 Å². The molecule has 0 saturated carbocycles. The predicted molar refractivity (Wildman–Crippen MR) is 64.6 cm³/mol. The Morgan fingerprint density at radius 3 is 2.57 bits per heavy atom. The molecule has 0 unspecified atom stereocenters. The van der Waals surface area contributed by atoms with Crippen LogP contribution >= 0.6 is 34.2 Å². The zero-order valence-electron chi connectivity index (χ0n) is 7.41. The van der Waals surface area contributed by atoms with Crippen LogP contribution in [0.2, 0.25) is 5.15 Å². The summed E-state index contributed by atoms with van der Waals surface area (Å²) >= 11 is 7.73. The molecule has 0 aromatic carbocycles. The summed E-state index contributed by atoms with van der Waals surface area (Å²) in [6.45, 7) is 0. The summed E-state index contributed by atoms with van der Waals surface area (Å²) in [5.74, 6) is 0. The minimum Gasteiger partial charge on any atom is -0.285 e. The predicted octanol–water partition coefficient (Wildman–Crippen LogP) is 2.57. The number of aromatic nitrogens is 4. The second kappa shape index (κ2) is 5.92. The van der Waals surface area contributed by atoms with E-state index in [-0.39, 0.29) is 0 Å². The molecule has 0 amide bonds. The first-order valence-corrected chi connectivity index (χ1v) is 6.26. The number of H-pyrrole nitrogens is 1. The van der Waals surface area contributed by atoms with E-state index in [0.29, 0.717) is 5.15 Å². The van der Waals surface area contributed by atoms with Gasteiger partial charge in [-0.2, -0.15) is 5.10 Å². The van der Waals surface area contributed by atoms with Crippen LogP contribution in [0.25, 0.3) is 11.3 Å². The average Bonchev–Trinajstić information content (AvgIpc) is 2.75. The lowest BCUT2D eigenvalue weighted by atomic mass is 10.2. The van der Waals surface area contributed by atoms with Gasteiger partial charge in [0.05, 0.1) is 11.9 Å².